The summed E-state index contributed by atoms with van der Waals surface area (Å²) in [6, 6.07) is 19.5. The van der Waals surface area contributed by atoms with Crippen LogP contribution in [-0.2, 0) is 34.8 Å². The number of phenols is 2. The van der Waals surface area contributed by atoms with Crippen LogP contribution in [0.25, 0.3) is 0 Å². The van der Waals surface area contributed by atoms with E-state index in [9.17, 15) is 38.9 Å². The summed E-state index contributed by atoms with van der Waals surface area (Å²) in [7, 11) is -10.7. The molecule has 0 spiro atoms. The molecule has 43 N–H and O–H groups in total. The molecule has 38 nitrogen and oxygen atoms in total. The number of rotatable bonds is 4. The smallest absolute Gasteiger partial charge is 0.320 e. The van der Waals surface area contributed by atoms with Crippen LogP contribution in [0.15, 0.2) is 72.8 Å². The molecule has 444 valence electrons. The van der Waals surface area contributed by atoms with Gasteiger partial charge in [-0.3, -0.25) is 4.57 Å². The predicted molar refractivity (Wildman–Crippen MR) is 280 cm³/mol. The van der Waals surface area contributed by atoms with Gasteiger partial charge in [-0.25, -0.2) is 15.0 Å². The number of benzene rings is 4. The molecule has 1 aliphatic rings. The Labute approximate surface area is 446 Å². The van der Waals surface area contributed by atoms with Gasteiger partial charge in [0.2, 0.25) is 0 Å². The lowest BCUT2D eigenvalue weighted by Crippen LogP contribution is -2.20. The van der Waals surface area contributed by atoms with Crippen molar-refractivity contribution in [2.45, 2.75) is 32.6 Å². The summed E-state index contributed by atoms with van der Waals surface area (Å²) >= 11 is 0. The molecule has 3 aromatic heterocycles. The van der Waals surface area contributed by atoms with Gasteiger partial charge < -0.3 is 149 Å². The lowest BCUT2D eigenvalue weighted by Gasteiger charge is -2.31. The molecule has 8 bridgehead atoms. The molecule has 1 unspecified atom stereocenters. The second-order valence-corrected chi connectivity index (χ2v) is 16.4. The standard InChI is InChI=1S/C28H26O10P2.3C3H6N6.C2H6O.9H2O/c29-25-17-5-1-6-18(25)14-22-10-4-12-24(28(22)38-40(34,35)36)16-20-8-2-7-19(26(20)30)15-23-11-3-9-21(13-17)27(23)37-39(31,32)33;3*4-1-7-2(5)9-3(6)8-1;1-2-3;;;;;;;;;/h1-12,29-30H,13-16H2,(H2,31,32,33)(H2,34,35,36);3*(H6,4,5,6,7,8,9);3H,2H2,1H3;9*1H2. The van der Waals surface area contributed by atoms with Gasteiger partial charge in [0.25, 0.3) is 0 Å². The number of aliphatic hydroxyl groups excluding tert-OH is 1. The molecule has 3 heterocycles. The highest BCUT2D eigenvalue weighted by Crippen LogP contribution is 2.43. The van der Waals surface area contributed by atoms with Gasteiger partial charge in [-0.05, 0) is 51.4 Å². The first-order valence-corrected chi connectivity index (χ1v) is 22.9. The highest BCUT2D eigenvalue weighted by atomic mass is 31.2. The average Bonchev–Trinajstić information content (AvgIpc) is 3.21. The zero-order valence-corrected chi connectivity index (χ0v) is 43.2. The van der Waals surface area contributed by atoms with Gasteiger partial charge in [-0.2, -0.15) is 0 Å². The van der Waals surface area contributed by atoms with Crippen LogP contribution in [0, 0.1) is 0 Å². The fraction of sp³-hybridized carbons (Fsp3) is 0.154. The summed E-state index contributed by atoms with van der Waals surface area (Å²) in [5.41, 5.74) is 49.5. The minimum absolute atomic E-state index is 0. The van der Waals surface area contributed by atoms with Crippen LogP contribution in [0.4, 0.5) is 53.5 Å². The Kier molecular flexibility index (Phi) is 37.5. The van der Waals surface area contributed by atoms with E-state index in [1.54, 1.807) is 79.7 Å². The van der Waals surface area contributed by atoms with Crippen LogP contribution in [-0.4, -0.2) is 106 Å². The molecular weight excluding hydrogens is 1100 g/mol. The van der Waals surface area contributed by atoms with E-state index in [1.807, 2.05) is 0 Å². The molecule has 0 amide bonds. The summed E-state index contributed by atoms with van der Waals surface area (Å²) in [4.78, 5) is 73.4. The van der Waals surface area contributed by atoms with E-state index in [0.717, 1.165) is 0 Å². The van der Waals surface area contributed by atoms with Crippen molar-refractivity contribution in [3.8, 4) is 23.0 Å². The summed E-state index contributed by atoms with van der Waals surface area (Å²) < 4.78 is 33.4. The zero-order valence-electron chi connectivity index (χ0n) is 41.4. The van der Waals surface area contributed by atoms with Crippen molar-refractivity contribution >= 4 is 69.2 Å². The van der Waals surface area contributed by atoms with Crippen LogP contribution < -0.4 is 90.3 Å². The molecule has 0 saturated heterocycles. The van der Waals surface area contributed by atoms with Crippen molar-refractivity contribution in [1.29, 1.82) is 0 Å². The first kappa shape index (κ1) is 81.6. The number of aliphatic hydroxyl groups is 1. The Balaban J connectivity index is -0.000000281. The van der Waals surface area contributed by atoms with Crippen LogP contribution >= 0.6 is 15.6 Å². The van der Waals surface area contributed by atoms with Crippen LogP contribution in [0.5, 0.6) is 23.0 Å². The Bertz CT molecular complexity index is 2560. The quantitative estimate of drug-likeness (QED) is 0.0728. The monoisotopic (exact) mass is 1170 g/mol. The highest BCUT2D eigenvalue weighted by molar-refractivity contribution is 7.45. The highest BCUT2D eigenvalue weighted by Gasteiger charge is 2.22. The summed E-state index contributed by atoms with van der Waals surface area (Å²) in [5.74, 6) is 0.662. The fourth-order valence-electron chi connectivity index (χ4n) is 6.35. The van der Waals surface area contributed by atoms with E-state index >= 15 is 0 Å². The molecule has 8 rings (SSSR count). The lowest BCUT2D eigenvalue weighted by atomic mass is 9.91. The molecule has 0 fully saturated rings. The number of fused-ring (bicyclic) bond motifs is 8. The number of phosphoric acid groups is 2. The Morgan fingerprint density at radius 1 is 0.443 bits per heavy atom. The molecule has 79 heavy (non-hydrogen) atoms. The van der Waals surface area contributed by atoms with Gasteiger partial charge in [0.15, 0.2) is 0 Å². The van der Waals surface area contributed by atoms with Crippen molar-refractivity contribution < 1.29 is 117 Å². The number of nitrogens with two attached hydrogens (primary N) is 9. The first-order chi connectivity index (χ1) is 32.8. The summed E-state index contributed by atoms with van der Waals surface area (Å²) in [6.07, 6.45) is -0.00148. The van der Waals surface area contributed by atoms with Crippen molar-refractivity contribution in [3.05, 3.63) is 117 Å². The number of aromatic amines is 3. The third kappa shape index (κ3) is 26.2. The van der Waals surface area contributed by atoms with E-state index in [1.165, 1.54) is 0 Å². The molecular formula is C39H68N18O20P2. The third-order valence-electron chi connectivity index (χ3n) is 8.87. The molecule has 0 saturated carbocycles. The normalized spacial score (nSPS) is 10.9. The Hall–Kier alpha value is -8.79. The van der Waals surface area contributed by atoms with Crippen LogP contribution in [0.2, 0.25) is 0 Å². The second-order valence-electron chi connectivity index (χ2n) is 14.2. The van der Waals surface area contributed by atoms with E-state index in [2.05, 4.69) is 44.9 Å². The van der Waals surface area contributed by atoms with Gasteiger partial charge in [0.1, 0.15) is 30.8 Å². The predicted octanol–water partition coefficient (Wildman–Crippen LogP) is -10.5. The topological polar surface area (TPSA) is 840 Å². The first-order valence-electron chi connectivity index (χ1n) is 19.9. The van der Waals surface area contributed by atoms with Crippen LogP contribution in [0.1, 0.15) is 51.4 Å². The average molecular weight is 1170 g/mol. The van der Waals surface area contributed by atoms with E-state index in [-0.39, 0.29) is 158 Å². The molecule has 1 aliphatic carbocycles. The number of H-pyrrole nitrogens is 3. The van der Waals surface area contributed by atoms with Gasteiger partial charge in [0.05, 0.1) is 0 Å². The Morgan fingerprint density at radius 2 is 0.633 bits per heavy atom. The van der Waals surface area contributed by atoms with Gasteiger partial charge in [-0.1, -0.05) is 103 Å². The fourth-order valence-corrected chi connectivity index (χ4v) is 7.28. The maximum Gasteiger partial charge on any atom is 0.320 e. The maximum atomic E-state index is 11.8. The number of aromatic nitrogens is 9. The molecule has 1 atom stereocenters. The number of hydrogen-bond donors (Lipinski definition) is 13. The van der Waals surface area contributed by atoms with E-state index in [0.29, 0.717) is 44.5 Å². The molecule has 0 aliphatic heterocycles. The number of hydrogen-bond acceptors (Lipinski definition) is 25. The van der Waals surface area contributed by atoms with E-state index < -0.39 is 15.6 Å². The van der Waals surface area contributed by atoms with Gasteiger partial charge >= 0.3 is 61.4 Å². The number of nitrogens with one attached hydrogen (secondary N) is 3. The van der Waals surface area contributed by atoms with Crippen molar-refractivity contribution in [2.24, 2.45) is 0 Å². The third-order valence-corrected chi connectivity index (χ3v) is 9.69. The Morgan fingerprint density at radius 3 is 0.810 bits per heavy atom. The number of phenolic OH excluding ortho intramolecular Hbond substituents is 2. The SMILES string of the molecule is CCO.Nc1nc(N)[nH+]c(N)n1.Nc1nc(N)[nH+]c(N)n1.Nc1nc(N)[nH+]c(N)n1.O.O.O.O.O.O.O.O.O.O=P([O-])([O-])Oc1c2cccc1Cc1cccc(c1O)Cc1cccc(c1OP(=O)([O-])O)Cc1cccc(c1O)C2. The number of aromatic hydroxyl groups is 2. The zero-order chi connectivity index (χ0) is 51.9. The molecule has 4 aromatic carbocycles. The largest absolute Gasteiger partial charge is 0.780 e. The van der Waals surface area contributed by atoms with Crippen molar-refractivity contribution in [2.75, 3.05) is 58.2 Å². The number of nitrogen functional groups attached to an aromatic ring is 9. The van der Waals surface area contributed by atoms with Crippen molar-refractivity contribution in [1.82, 2.24) is 29.9 Å². The summed E-state index contributed by atoms with van der Waals surface area (Å²) in [5, 5.41) is 29.9. The minimum atomic E-state index is -5.47. The molecule has 40 heteroatoms. The van der Waals surface area contributed by atoms with Crippen LogP contribution in [0.3, 0.4) is 0 Å². The van der Waals surface area contributed by atoms with Gasteiger partial charge in [-0.15, -0.1) is 0 Å². The van der Waals surface area contributed by atoms with E-state index in [4.69, 9.17) is 65.8 Å². The number of para-hydroxylation sites is 4. The minimum Gasteiger partial charge on any atom is -0.780 e. The number of nitrogens with zero attached hydrogens (tertiary/aromatic N) is 6. The molecule has 0 radical (unpaired) electrons. The summed E-state index contributed by atoms with van der Waals surface area (Å²) in [6.45, 7) is 1.93. The van der Waals surface area contributed by atoms with Crippen molar-refractivity contribution in [3.63, 3.8) is 0 Å². The maximum absolute atomic E-state index is 11.8. The number of anilines is 9. The van der Waals surface area contributed by atoms with Gasteiger partial charge in [0, 0.05) is 32.3 Å². The molecule has 7 aromatic rings. The second kappa shape index (κ2) is 36.3. The number of phosphoric ester groups is 2. The lowest BCUT2D eigenvalue weighted by molar-refractivity contribution is -0.351.